The highest BCUT2D eigenvalue weighted by Crippen LogP contribution is 2.30. The number of thioether (sulfide) groups is 1. The minimum absolute atomic E-state index is 0.00926. The largest absolute Gasteiger partial charge is 0.456 e. The van der Waals surface area contributed by atoms with Crippen LogP contribution in [-0.4, -0.2) is 45.3 Å². The predicted octanol–water partition coefficient (Wildman–Crippen LogP) is 4.61. The second kappa shape index (κ2) is 13.6. The SMILES string of the molecule is CC(C)(C)c1ccccc1NC(=O)COC(=O)CCc1nnc(SCC(=O)Nc2ccccc2C(C)(C)C)[nH]c1=O. The fraction of sp³-hybridized carbons (Fsp3) is 0.400. The quantitative estimate of drug-likeness (QED) is 0.234. The molecule has 0 radical (unpaired) electrons. The zero-order valence-corrected chi connectivity index (χ0v) is 25.1. The molecule has 0 aliphatic rings. The van der Waals surface area contributed by atoms with E-state index in [0.29, 0.717) is 5.69 Å². The average Bonchev–Trinajstić information content (AvgIpc) is 2.89. The van der Waals surface area contributed by atoms with Crippen molar-refractivity contribution >= 4 is 40.9 Å². The number of hydrogen-bond acceptors (Lipinski definition) is 8. The number of ether oxygens (including phenoxy) is 1. The Kier molecular flexibility index (Phi) is 10.4. The van der Waals surface area contributed by atoms with Crippen molar-refractivity contribution in [2.75, 3.05) is 23.0 Å². The molecule has 0 saturated carbocycles. The molecule has 1 aromatic heterocycles. The van der Waals surface area contributed by atoms with E-state index in [1.165, 1.54) is 0 Å². The molecule has 0 fully saturated rings. The van der Waals surface area contributed by atoms with Crippen molar-refractivity contribution in [1.82, 2.24) is 15.2 Å². The van der Waals surface area contributed by atoms with Crippen molar-refractivity contribution in [2.45, 2.75) is 70.4 Å². The molecule has 218 valence electrons. The Balaban J connectivity index is 1.46. The van der Waals surface area contributed by atoms with Gasteiger partial charge in [0.2, 0.25) is 5.91 Å². The molecule has 10 nitrogen and oxygen atoms in total. The Bertz CT molecular complexity index is 1460. The summed E-state index contributed by atoms with van der Waals surface area (Å²) in [6, 6.07) is 15.1. The van der Waals surface area contributed by atoms with Gasteiger partial charge in [-0.15, -0.1) is 10.2 Å². The van der Waals surface area contributed by atoms with E-state index in [1.807, 2.05) is 63.2 Å². The van der Waals surface area contributed by atoms with Gasteiger partial charge in [-0.05, 0) is 34.1 Å². The van der Waals surface area contributed by atoms with Gasteiger partial charge in [-0.25, -0.2) is 0 Å². The van der Waals surface area contributed by atoms with Gasteiger partial charge in [0.05, 0.1) is 12.2 Å². The summed E-state index contributed by atoms with van der Waals surface area (Å²) in [7, 11) is 0. The van der Waals surface area contributed by atoms with Crippen LogP contribution >= 0.6 is 11.8 Å². The summed E-state index contributed by atoms with van der Waals surface area (Å²) < 4.78 is 5.07. The van der Waals surface area contributed by atoms with Crippen LogP contribution in [0.25, 0.3) is 0 Å². The van der Waals surface area contributed by atoms with Gasteiger partial charge in [0, 0.05) is 17.8 Å². The van der Waals surface area contributed by atoms with Gasteiger partial charge >= 0.3 is 5.97 Å². The standard InChI is InChI=1S/C30H37N5O5S/c1-29(2,3)19-11-7-9-13-21(19)31-24(36)17-40-26(38)16-15-23-27(39)33-28(35-34-23)41-18-25(37)32-22-14-10-8-12-20(22)30(4,5)6/h7-14H,15-18H2,1-6H3,(H,31,36)(H,32,37)(H,33,35,39). The van der Waals surface area contributed by atoms with Gasteiger partial charge in [0.15, 0.2) is 11.8 Å². The normalized spacial score (nSPS) is 11.6. The van der Waals surface area contributed by atoms with E-state index in [2.05, 4.69) is 46.6 Å². The number of H-pyrrole nitrogens is 1. The maximum absolute atomic E-state index is 12.5. The lowest BCUT2D eigenvalue weighted by molar-refractivity contribution is -0.147. The number of nitrogens with one attached hydrogen (secondary N) is 3. The molecular formula is C30H37N5O5S. The molecule has 2 aromatic carbocycles. The number of carbonyl (C=O) groups excluding carboxylic acids is 3. The number of hydrogen-bond donors (Lipinski definition) is 3. The molecule has 0 unspecified atom stereocenters. The Morgan fingerprint density at radius 3 is 1.90 bits per heavy atom. The number of nitrogens with zero attached hydrogens (tertiary/aromatic N) is 2. The fourth-order valence-corrected chi connectivity index (χ4v) is 4.61. The van der Waals surface area contributed by atoms with E-state index in [1.54, 1.807) is 6.07 Å². The number of aryl methyl sites for hydroxylation is 1. The van der Waals surface area contributed by atoms with Crippen LogP contribution in [0.2, 0.25) is 0 Å². The zero-order chi connectivity index (χ0) is 30.2. The molecule has 0 aliphatic heterocycles. The molecule has 3 aromatic rings. The summed E-state index contributed by atoms with van der Waals surface area (Å²) >= 11 is 1.05. The second-order valence-electron chi connectivity index (χ2n) is 11.5. The van der Waals surface area contributed by atoms with Crippen LogP contribution in [0.15, 0.2) is 58.5 Å². The van der Waals surface area contributed by atoms with Gasteiger partial charge in [-0.3, -0.25) is 24.2 Å². The number of aromatic amines is 1. The first-order valence-electron chi connectivity index (χ1n) is 13.3. The number of para-hydroxylation sites is 2. The molecule has 0 bridgehead atoms. The maximum Gasteiger partial charge on any atom is 0.306 e. The summed E-state index contributed by atoms with van der Waals surface area (Å²) in [5, 5.41) is 13.7. The van der Waals surface area contributed by atoms with Crippen molar-refractivity contribution in [3.8, 4) is 0 Å². The molecule has 0 saturated heterocycles. The van der Waals surface area contributed by atoms with E-state index in [-0.39, 0.29) is 46.2 Å². The highest BCUT2D eigenvalue weighted by molar-refractivity contribution is 7.99. The highest BCUT2D eigenvalue weighted by Gasteiger charge is 2.20. The van der Waals surface area contributed by atoms with Crippen LogP contribution in [-0.2, 0) is 36.4 Å². The lowest BCUT2D eigenvalue weighted by Crippen LogP contribution is -2.24. The summed E-state index contributed by atoms with van der Waals surface area (Å²) in [5.41, 5.74) is 2.61. The summed E-state index contributed by atoms with van der Waals surface area (Å²) in [6.45, 7) is 11.9. The van der Waals surface area contributed by atoms with Crippen LogP contribution < -0.4 is 16.2 Å². The fourth-order valence-electron chi connectivity index (χ4n) is 4.01. The Hall–Kier alpha value is -3.99. The number of anilines is 2. The van der Waals surface area contributed by atoms with Crippen LogP contribution in [0.4, 0.5) is 11.4 Å². The summed E-state index contributed by atoms with van der Waals surface area (Å²) in [5.74, 6) is -1.32. The number of benzene rings is 2. The van der Waals surface area contributed by atoms with Crippen LogP contribution in [0.1, 0.15) is 64.8 Å². The van der Waals surface area contributed by atoms with Crippen molar-refractivity contribution in [2.24, 2.45) is 0 Å². The number of amides is 2. The third-order valence-corrected chi connectivity index (χ3v) is 6.90. The molecule has 0 spiro atoms. The number of aromatic nitrogens is 3. The van der Waals surface area contributed by atoms with Crippen molar-refractivity contribution in [3.05, 3.63) is 75.7 Å². The maximum atomic E-state index is 12.5. The van der Waals surface area contributed by atoms with E-state index in [9.17, 15) is 19.2 Å². The Morgan fingerprint density at radius 1 is 0.829 bits per heavy atom. The first-order chi connectivity index (χ1) is 19.2. The van der Waals surface area contributed by atoms with Gasteiger partial charge in [0.1, 0.15) is 5.69 Å². The monoisotopic (exact) mass is 579 g/mol. The molecule has 0 aliphatic carbocycles. The van der Waals surface area contributed by atoms with Crippen LogP contribution in [0.3, 0.4) is 0 Å². The molecule has 1 heterocycles. The number of rotatable bonds is 10. The van der Waals surface area contributed by atoms with E-state index >= 15 is 0 Å². The third-order valence-electron chi connectivity index (χ3n) is 6.03. The van der Waals surface area contributed by atoms with Crippen molar-refractivity contribution < 1.29 is 19.1 Å². The molecule has 0 atom stereocenters. The first-order valence-corrected chi connectivity index (χ1v) is 14.3. The molecule has 41 heavy (non-hydrogen) atoms. The molecule has 3 N–H and O–H groups in total. The second-order valence-corrected chi connectivity index (χ2v) is 12.5. The van der Waals surface area contributed by atoms with Gasteiger partial charge in [0.25, 0.3) is 11.5 Å². The summed E-state index contributed by atoms with van der Waals surface area (Å²) in [6.07, 6.45) is -0.156. The first kappa shape index (κ1) is 31.5. The average molecular weight is 580 g/mol. The minimum atomic E-state index is -0.642. The minimum Gasteiger partial charge on any atom is -0.456 e. The van der Waals surface area contributed by atoms with Crippen LogP contribution in [0.5, 0.6) is 0 Å². The van der Waals surface area contributed by atoms with Gasteiger partial charge in [-0.1, -0.05) is 89.7 Å². The summed E-state index contributed by atoms with van der Waals surface area (Å²) in [4.78, 5) is 52.1. The number of esters is 1. The van der Waals surface area contributed by atoms with E-state index in [0.717, 1.165) is 28.6 Å². The third kappa shape index (κ3) is 9.56. The van der Waals surface area contributed by atoms with E-state index in [4.69, 9.17) is 4.74 Å². The van der Waals surface area contributed by atoms with Gasteiger partial charge < -0.3 is 15.4 Å². The molecule has 3 rings (SSSR count). The van der Waals surface area contributed by atoms with Crippen molar-refractivity contribution in [1.29, 1.82) is 0 Å². The van der Waals surface area contributed by atoms with E-state index < -0.39 is 24.0 Å². The topological polar surface area (TPSA) is 143 Å². The molecular weight excluding hydrogens is 542 g/mol. The Morgan fingerprint density at radius 2 is 1.37 bits per heavy atom. The molecule has 2 amide bonds. The van der Waals surface area contributed by atoms with Gasteiger partial charge in [-0.2, -0.15) is 0 Å². The Labute approximate surface area is 244 Å². The lowest BCUT2D eigenvalue weighted by Gasteiger charge is -2.22. The van der Waals surface area contributed by atoms with Crippen LogP contribution in [0, 0.1) is 0 Å². The number of carbonyl (C=O) groups is 3. The van der Waals surface area contributed by atoms with Crippen molar-refractivity contribution in [3.63, 3.8) is 0 Å². The lowest BCUT2D eigenvalue weighted by atomic mass is 9.86. The highest BCUT2D eigenvalue weighted by atomic mass is 32.2. The molecule has 11 heteroatoms. The zero-order valence-electron chi connectivity index (χ0n) is 24.3. The smallest absolute Gasteiger partial charge is 0.306 e. The predicted molar refractivity (Wildman–Crippen MR) is 160 cm³/mol.